The smallest absolute Gasteiger partial charge is 0.328 e. The van der Waals surface area contributed by atoms with Crippen molar-refractivity contribution in [3.05, 3.63) is 35.7 Å². The Bertz CT molecular complexity index is 429. The van der Waals surface area contributed by atoms with E-state index in [4.69, 9.17) is 14.6 Å². The fourth-order valence-corrected chi connectivity index (χ4v) is 1.30. The first-order valence-electron chi connectivity index (χ1n) is 5.54. The van der Waals surface area contributed by atoms with E-state index < -0.39 is 11.8 Å². The molecule has 0 aromatic heterocycles. The summed E-state index contributed by atoms with van der Waals surface area (Å²) >= 11 is 0. The molecule has 0 amide bonds. The predicted octanol–water partition coefficient (Wildman–Crippen LogP) is 2.34. The number of ether oxygens (including phenoxy) is 2. The summed E-state index contributed by atoms with van der Waals surface area (Å²) in [5.41, 5.74) is 0.383. The fourth-order valence-electron chi connectivity index (χ4n) is 1.30. The highest BCUT2D eigenvalue weighted by Crippen LogP contribution is 2.21. The van der Waals surface area contributed by atoms with Gasteiger partial charge in [0.25, 0.3) is 0 Å². The summed E-state index contributed by atoms with van der Waals surface area (Å²) < 4.78 is 23.5. The average Bonchev–Trinajstić information content (AvgIpc) is 2.34. The molecule has 98 valence electrons. The first kappa shape index (κ1) is 14.2. The van der Waals surface area contributed by atoms with Gasteiger partial charge in [0, 0.05) is 18.2 Å². The molecule has 0 radical (unpaired) electrons. The van der Waals surface area contributed by atoms with Crippen molar-refractivity contribution in [1.82, 2.24) is 0 Å². The van der Waals surface area contributed by atoms with Crippen molar-refractivity contribution in [2.75, 3.05) is 19.8 Å². The van der Waals surface area contributed by atoms with E-state index in [1.807, 2.05) is 6.92 Å². The minimum absolute atomic E-state index is 0.327. The van der Waals surface area contributed by atoms with E-state index in [0.29, 0.717) is 31.1 Å². The van der Waals surface area contributed by atoms with Crippen molar-refractivity contribution >= 4 is 12.0 Å². The van der Waals surface area contributed by atoms with Crippen molar-refractivity contribution in [3.8, 4) is 5.75 Å². The van der Waals surface area contributed by atoms with E-state index in [1.54, 1.807) is 0 Å². The van der Waals surface area contributed by atoms with Gasteiger partial charge in [-0.05, 0) is 31.2 Å². The van der Waals surface area contributed by atoms with E-state index in [0.717, 1.165) is 6.08 Å². The molecule has 0 heterocycles. The number of aliphatic carboxylic acids is 1. The molecule has 1 aromatic carbocycles. The van der Waals surface area contributed by atoms with Crippen molar-refractivity contribution in [3.63, 3.8) is 0 Å². The molecule has 18 heavy (non-hydrogen) atoms. The molecule has 0 atom stereocenters. The number of rotatable bonds is 7. The summed E-state index contributed by atoms with van der Waals surface area (Å²) in [6.07, 6.45) is 2.23. The van der Waals surface area contributed by atoms with Gasteiger partial charge >= 0.3 is 5.97 Å². The van der Waals surface area contributed by atoms with Crippen LogP contribution in [0.25, 0.3) is 6.08 Å². The Kier molecular flexibility index (Phi) is 5.87. The quantitative estimate of drug-likeness (QED) is 0.599. The minimum atomic E-state index is -1.10. The number of carboxylic acid groups (broad SMARTS) is 1. The summed E-state index contributed by atoms with van der Waals surface area (Å²) in [6.45, 7) is 3.22. The Morgan fingerprint density at radius 2 is 2.22 bits per heavy atom. The molecule has 0 aliphatic heterocycles. The molecule has 0 saturated heterocycles. The summed E-state index contributed by atoms with van der Waals surface area (Å²) in [4.78, 5) is 10.4. The van der Waals surface area contributed by atoms with Crippen LogP contribution < -0.4 is 4.74 Å². The largest absolute Gasteiger partial charge is 0.491 e. The number of carbonyl (C=O) groups is 1. The third-order valence-electron chi connectivity index (χ3n) is 2.07. The second kappa shape index (κ2) is 7.45. The zero-order valence-electron chi connectivity index (χ0n) is 10.1. The van der Waals surface area contributed by atoms with Crippen molar-refractivity contribution in [1.29, 1.82) is 0 Å². The van der Waals surface area contributed by atoms with Gasteiger partial charge in [-0.15, -0.1) is 0 Å². The van der Waals surface area contributed by atoms with Crippen LogP contribution >= 0.6 is 0 Å². The maximum Gasteiger partial charge on any atom is 0.328 e. The van der Waals surface area contributed by atoms with Crippen LogP contribution in [-0.2, 0) is 9.53 Å². The highest BCUT2D eigenvalue weighted by molar-refractivity contribution is 5.85. The molecule has 0 aliphatic rings. The van der Waals surface area contributed by atoms with Gasteiger partial charge in [-0.2, -0.15) is 0 Å². The van der Waals surface area contributed by atoms with Crippen LogP contribution in [0.4, 0.5) is 4.39 Å². The number of hydrogen-bond acceptors (Lipinski definition) is 3. The van der Waals surface area contributed by atoms with Gasteiger partial charge in [-0.3, -0.25) is 0 Å². The molecule has 1 aromatic rings. The fraction of sp³-hybridized carbons (Fsp3) is 0.308. The Hall–Kier alpha value is -1.88. The number of carboxylic acids is 1. The molecule has 0 spiro atoms. The van der Waals surface area contributed by atoms with Crippen molar-refractivity contribution in [2.45, 2.75) is 6.92 Å². The van der Waals surface area contributed by atoms with Gasteiger partial charge in [0.2, 0.25) is 0 Å². The van der Waals surface area contributed by atoms with Gasteiger partial charge in [0.1, 0.15) is 18.2 Å². The van der Waals surface area contributed by atoms with Crippen LogP contribution in [-0.4, -0.2) is 30.9 Å². The Morgan fingerprint density at radius 3 is 2.89 bits per heavy atom. The van der Waals surface area contributed by atoms with Gasteiger partial charge in [0.05, 0.1) is 6.61 Å². The van der Waals surface area contributed by atoms with Crippen LogP contribution in [0.1, 0.15) is 12.5 Å². The van der Waals surface area contributed by atoms with E-state index in [-0.39, 0.29) is 0 Å². The molecule has 0 unspecified atom stereocenters. The Balaban J connectivity index is 2.73. The van der Waals surface area contributed by atoms with Crippen LogP contribution in [0.5, 0.6) is 5.75 Å². The average molecular weight is 254 g/mol. The van der Waals surface area contributed by atoms with E-state index in [1.165, 1.54) is 24.3 Å². The van der Waals surface area contributed by atoms with Gasteiger partial charge < -0.3 is 14.6 Å². The van der Waals surface area contributed by atoms with Crippen LogP contribution in [0, 0.1) is 5.82 Å². The molecule has 0 fully saturated rings. The Morgan fingerprint density at radius 1 is 1.44 bits per heavy atom. The SMILES string of the molecule is CCOCCOc1ccc(F)cc1/C=C/C(=O)O. The molecule has 0 bridgehead atoms. The third-order valence-corrected chi connectivity index (χ3v) is 2.07. The molecule has 0 aliphatic carbocycles. The van der Waals surface area contributed by atoms with Gasteiger partial charge in [-0.25, -0.2) is 9.18 Å². The lowest BCUT2D eigenvalue weighted by molar-refractivity contribution is -0.131. The molecule has 1 rings (SSSR count). The van der Waals surface area contributed by atoms with Crippen LogP contribution in [0.2, 0.25) is 0 Å². The lowest BCUT2D eigenvalue weighted by Gasteiger charge is -2.09. The summed E-state index contributed by atoms with van der Waals surface area (Å²) in [5, 5.41) is 8.54. The highest BCUT2D eigenvalue weighted by Gasteiger charge is 2.03. The molecule has 4 nitrogen and oxygen atoms in total. The second-order valence-electron chi connectivity index (χ2n) is 3.40. The molecular weight excluding hydrogens is 239 g/mol. The summed E-state index contributed by atoms with van der Waals surface area (Å²) in [5.74, 6) is -1.12. The predicted molar refractivity (Wildman–Crippen MR) is 65.1 cm³/mol. The maximum absolute atomic E-state index is 13.1. The van der Waals surface area contributed by atoms with Crippen molar-refractivity contribution in [2.24, 2.45) is 0 Å². The van der Waals surface area contributed by atoms with Crippen LogP contribution in [0.15, 0.2) is 24.3 Å². The first-order valence-corrected chi connectivity index (χ1v) is 5.54. The highest BCUT2D eigenvalue weighted by atomic mass is 19.1. The normalized spacial score (nSPS) is 10.8. The zero-order valence-corrected chi connectivity index (χ0v) is 10.1. The molecule has 5 heteroatoms. The third kappa shape index (κ3) is 4.97. The second-order valence-corrected chi connectivity index (χ2v) is 3.40. The number of halogens is 1. The Labute approximate surface area is 105 Å². The van der Waals surface area contributed by atoms with Crippen molar-refractivity contribution < 1.29 is 23.8 Å². The number of benzene rings is 1. The monoisotopic (exact) mass is 254 g/mol. The molecule has 0 saturated carbocycles. The minimum Gasteiger partial charge on any atom is -0.491 e. The van der Waals surface area contributed by atoms with Gasteiger partial charge in [-0.1, -0.05) is 0 Å². The van der Waals surface area contributed by atoms with Crippen LogP contribution in [0.3, 0.4) is 0 Å². The standard InChI is InChI=1S/C13H15FO4/c1-2-17-7-8-18-12-5-4-11(14)9-10(12)3-6-13(15)16/h3-6,9H,2,7-8H2,1H3,(H,15,16)/b6-3+. The lowest BCUT2D eigenvalue weighted by Crippen LogP contribution is -2.07. The zero-order chi connectivity index (χ0) is 13.4. The molecule has 1 N–H and O–H groups in total. The lowest BCUT2D eigenvalue weighted by atomic mass is 10.2. The van der Waals surface area contributed by atoms with E-state index in [2.05, 4.69) is 0 Å². The van der Waals surface area contributed by atoms with E-state index in [9.17, 15) is 9.18 Å². The first-order chi connectivity index (χ1) is 8.63. The summed E-state index contributed by atoms with van der Waals surface area (Å²) in [7, 11) is 0. The topological polar surface area (TPSA) is 55.8 Å². The van der Waals surface area contributed by atoms with E-state index >= 15 is 0 Å². The maximum atomic E-state index is 13.1. The summed E-state index contributed by atoms with van der Waals surface area (Å²) in [6, 6.07) is 3.94. The molecular formula is C13H15FO4. The van der Waals surface area contributed by atoms with Gasteiger partial charge in [0.15, 0.2) is 0 Å². The number of hydrogen-bond donors (Lipinski definition) is 1.